The van der Waals surface area contributed by atoms with Gasteiger partial charge in [-0.2, -0.15) is 0 Å². The number of nitrogens with zero attached hydrogens (tertiary/aromatic N) is 1. The third kappa shape index (κ3) is 4.46. The average molecular weight is 452 g/mol. The molecule has 0 aromatic heterocycles. The smallest absolute Gasteiger partial charge is 0.253 e. The van der Waals surface area contributed by atoms with Crippen molar-refractivity contribution in [1.82, 2.24) is 4.90 Å². The van der Waals surface area contributed by atoms with Crippen LogP contribution in [-0.4, -0.2) is 17.9 Å². The summed E-state index contributed by atoms with van der Waals surface area (Å²) in [5.74, 6) is -0.0666. The van der Waals surface area contributed by atoms with Gasteiger partial charge in [-0.15, -0.1) is 0 Å². The summed E-state index contributed by atoms with van der Waals surface area (Å²) >= 11 is 18.6. The van der Waals surface area contributed by atoms with Crippen molar-refractivity contribution in [2.75, 3.05) is 7.05 Å². The van der Waals surface area contributed by atoms with Crippen molar-refractivity contribution in [2.45, 2.75) is 6.54 Å². The molecule has 0 aliphatic rings. The summed E-state index contributed by atoms with van der Waals surface area (Å²) in [6.07, 6.45) is 0. The number of rotatable bonds is 3. The molecule has 0 bridgehead atoms. The summed E-state index contributed by atoms with van der Waals surface area (Å²) in [6.45, 7) is 0.458. The van der Waals surface area contributed by atoms with E-state index in [1.165, 1.54) is 0 Å². The molecule has 2 rings (SSSR count). The topological polar surface area (TPSA) is 20.3 Å². The largest absolute Gasteiger partial charge is 0.337 e. The summed E-state index contributed by atoms with van der Waals surface area (Å²) in [7, 11) is 1.75. The molecule has 0 radical (unpaired) electrons. The molecule has 0 aliphatic heterocycles. The molecule has 0 saturated heterocycles. The minimum atomic E-state index is -0.0666. The molecule has 0 heterocycles. The van der Waals surface area contributed by atoms with Crippen LogP contribution in [0.3, 0.4) is 0 Å². The molecule has 0 fully saturated rings. The van der Waals surface area contributed by atoms with Crippen LogP contribution < -0.4 is 0 Å². The molecule has 21 heavy (non-hydrogen) atoms. The molecular weight excluding hydrogens is 441 g/mol. The number of halogens is 4. The zero-order valence-corrected chi connectivity index (χ0v) is 15.7. The van der Waals surface area contributed by atoms with Crippen molar-refractivity contribution in [2.24, 2.45) is 0 Å². The summed E-state index contributed by atoms with van der Waals surface area (Å²) < 4.78 is 1.70. The first-order valence-electron chi connectivity index (χ1n) is 6.02. The highest BCUT2D eigenvalue weighted by molar-refractivity contribution is 9.11. The predicted molar refractivity (Wildman–Crippen MR) is 94.1 cm³/mol. The molecule has 0 aliphatic carbocycles. The molecule has 2 nitrogen and oxygen atoms in total. The van der Waals surface area contributed by atoms with Gasteiger partial charge in [0.25, 0.3) is 5.91 Å². The van der Waals surface area contributed by atoms with Crippen molar-refractivity contribution in [3.05, 3.63) is 66.5 Å². The number of hydrogen-bond acceptors (Lipinski definition) is 1. The van der Waals surface area contributed by atoms with E-state index >= 15 is 0 Å². The zero-order chi connectivity index (χ0) is 15.6. The first-order chi connectivity index (χ1) is 9.86. The lowest BCUT2D eigenvalue weighted by Gasteiger charge is -2.18. The lowest BCUT2D eigenvalue weighted by atomic mass is 10.1. The van der Waals surface area contributed by atoms with E-state index in [9.17, 15) is 4.79 Å². The lowest BCUT2D eigenvalue weighted by Crippen LogP contribution is -2.26. The van der Waals surface area contributed by atoms with Gasteiger partial charge in [-0.05, 0) is 35.9 Å². The Balaban J connectivity index is 2.17. The summed E-state index contributed by atoms with van der Waals surface area (Å²) in [6, 6.07) is 10.8. The monoisotopic (exact) mass is 449 g/mol. The minimum absolute atomic E-state index is 0.0666. The Labute approximate surface area is 150 Å². The second-order valence-electron chi connectivity index (χ2n) is 4.57. The second kappa shape index (κ2) is 7.14. The van der Waals surface area contributed by atoms with E-state index in [0.717, 1.165) is 14.5 Å². The molecule has 1 amide bonds. The van der Waals surface area contributed by atoms with Gasteiger partial charge < -0.3 is 4.90 Å². The normalized spacial score (nSPS) is 10.5. The second-order valence-corrected chi connectivity index (χ2v) is 7.21. The standard InChI is InChI=1S/C15H11Br2Cl2NO/c1-20(8-9-2-3-13(18)14(19)4-9)15(21)10-5-11(16)7-12(17)6-10/h2-7H,8H2,1H3. The van der Waals surface area contributed by atoms with Crippen LogP contribution in [0.15, 0.2) is 45.3 Å². The number of carbonyl (C=O) groups is 1. The maximum absolute atomic E-state index is 12.4. The molecule has 0 N–H and O–H groups in total. The predicted octanol–water partition coefficient (Wildman–Crippen LogP) is 5.79. The fourth-order valence-electron chi connectivity index (χ4n) is 1.88. The van der Waals surface area contributed by atoms with Crippen LogP contribution in [-0.2, 0) is 6.54 Å². The minimum Gasteiger partial charge on any atom is -0.337 e. The Bertz CT molecular complexity index is 671. The Hall–Kier alpha value is -0.550. The van der Waals surface area contributed by atoms with Gasteiger partial charge in [0.1, 0.15) is 0 Å². The third-order valence-electron chi connectivity index (χ3n) is 2.86. The molecule has 0 saturated carbocycles. The SMILES string of the molecule is CN(Cc1ccc(Cl)c(Cl)c1)C(=O)c1cc(Br)cc(Br)c1. The highest BCUT2D eigenvalue weighted by Crippen LogP contribution is 2.24. The molecule has 2 aromatic carbocycles. The van der Waals surface area contributed by atoms with E-state index < -0.39 is 0 Å². The van der Waals surface area contributed by atoms with Gasteiger partial charge in [0.05, 0.1) is 10.0 Å². The fourth-order valence-corrected chi connectivity index (χ4v) is 3.50. The summed E-state index contributed by atoms with van der Waals surface area (Å²) in [5.41, 5.74) is 1.54. The van der Waals surface area contributed by atoms with Gasteiger partial charge in [-0.1, -0.05) is 61.1 Å². The van der Waals surface area contributed by atoms with E-state index in [4.69, 9.17) is 23.2 Å². The molecule has 6 heteroatoms. The number of amides is 1. The van der Waals surface area contributed by atoms with Gasteiger partial charge in [0, 0.05) is 28.1 Å². The van der Waals surface area contributed by atoms with Crippen LogP contribution in [0.25, 0.3) is 0 Å². The molecule has 0 spiro atoms. The van der Waals surface area contributed by atoms with Crippen LogP contribution in [0, 0.1) is 0 Å². The highest BCUT2D eigenvalue weighted by atomic mass is 79.9. The number of hydrogen-bond donors (Lipinski definition) is 0. The van der Waals surface area contributed by atoms with Gasteiger partial charge >= 0.3 is 0 Å². The van der Waals surface area contributed by atoms with E-state index in [1.807, 2.05) is 12.1 Å². The highest BCUT2D eigenvalue weighted by Gasteiger charge is 2.14. The van der Waals surface area contributed by atoms with Crippen LogP contribution in [0.1, 0.15) is 15.9 Å². The first kappa shape index (κ1) is 16.8. The molecular formula is C15H11Br2Cl2NO. The van der Waals surface area contributed by atoms with Crippen molar-refractivity contribution in [3.8, 4) is 0 Å². The van der Waals surface area contributed by atoms with E-state index in [2.05, 4.69) is 31.9 Å². The van der Waals surface area contributed by atoms with E-state index in [-0.39, 0.29) is 5.91 Å². The molecule has 0 unspecified atom stereocenters. The van der Waals surface area contributed by atoms with Gasteiger partial charge in [0.2, 0.25) is 0 Å². The van der Waals surface area contributed by atoms with Crippen molar-refractivity contribution < 1.29 is 4.79 Å². The van der Waals surface area contributed by atoms with Crippen LogP contribution in [0.2, 0.25) is 10.0 Å². The van der Waals surface area contributed by atoms with Crippen molar-refractivity contribution in [1.29, 1.82) is 0 Å². The zero-order valence-electron chi connectivity index (χ0n) is 11.0. The van der Waals surface area contributed by atoms with Crippen LogP contribution in [0.4, 0.5) is 0 Å². The Morgan fingerprint density at radius 3 is 2.24 bits per heavy atom. The van der Waals surface area contributed by atoms with Gasteiger partial charge in [0.15, 0.2) is 0 Å². The lowest BCUT2D eigenvalue weighted by molar-refractivity contribution is 0.0785. The maximum Gasteiger partial charge on any atom is 0.253 e. The summed E-state index contributed by atoms with van der Waals surface area (Å²) in [4.78, 5) is 14.1. The third-order valence-corrected chi connectivity index (χ3v) is 4.51. The van der Waals surface area contributed by atoms with Gasteiger partial charge in [-0.3, -0.25) is 4.79 Å². The Morgan fingerprint density at radius 2 is 1.67 bits per heavy atom. The Kier molecular flexibility index (Phi) is 5.72. The maximum atomic E-state index is 12.4. The first-order valence-corrected chi connectivity index (χ1v) is 8.36. The van der Waals surface area contributed by atoms with Crippen LogP contribution >= 0.6 is 55.1 Å². The molecule has 110 valence electrons. The molecule has 2 aromatic rings. The quantitative estimate of drug-likeness (QED) is 0.578. The average Bonchev–Trinajstić information content (AvgIpc) is 2.41. The number of benzene rings is 2. The molecule has 0 atom stereocenters. The van der Waals surface area contributed by atoms with Crippen molar-refractivity contribution >= 4 is 61.0 Å². The number of carbonyl (C=O) groups excluding carboxylic acids is 1. The summed E-state index contributed by atoms with van der Waals surface area (Å²) in [5, 5.41) is 0.991. The van der Waals surface area contributed by atoms with Gasteiger partial charge in [-0.25, -0.2) is 0 Å². The van der Waals surface area contributed by atoms with Crippen LogP contribution in [0.5, 0.6) is 0 Å². The Morgan fingerprint density at radius 1 is 1.05 bits per heavy atom. The van der Waals surface area contributed by atoms with Crippen molar-refractivity contribution in [3.63, 3.8) is 0 Å². The fraction of sp³-hybridized carbons (Fsp3) is 0.133. The van der Waals surface area contributed by atoms with E-state index in [0.29, 0.717) is 22.2 Å². The van der Waals surface area contributed by atoms with E-state index in [1.54, 1.807) is 36.2 Å².